The Kier molecular flexibility index (Phi) is 4.62. The van der Waals surface area contributed by atoms with Crippen molar-refractivity contribution in [2.45, 2.75) is 31.3 Å². The molecule has 1 spiro atoms. The Hall–Kier alpha value is -2.67. The highest BCUT2D eigenvalue weighted by molar-refractivity contribution is 5.95. The molecule has 1 aromatic heterocycles. The normalized spacial score (nSPS) is 23.1. The third-order valence-corrected chi connectivity index (χ3v) is 6.21. The maximum Gasteiger partial charge on any atom is 0.254 e. The van der Waals surface area contributed by atoms with Gasteiger partial charge in [-0.05, 0) is 43.4 Å². The molecule has 3 aliphatic rings. The van der Waals surface area contributed by atoms with Crippen LogP contribution in [-0.4, -0.2) is 54.1 Å². The number of nitrogens with one attached hydrogen (secondary N) is 1. The molecule has 7 nitrogen and oxygen atoms in total. The number of carbonyl (C=O) groups is 1. The zero-order valence-electron chi connectivity index (χ0n) is 16.7. The van der Waals surface area contributed by atoms with Crippen LogP contribution in [-0.2, 0) is 16.8 Å². The molecule has 2 aliphatic heterocycles. The van der Waals surface area contributed by atoms with Crippen LogP contribution < -0.4 is 10.1 Å². The topological polar surface area (TPSA) is 76.6 Å². The second-order valence-electron chi connectivity index (χ2n) is 8.37. The Bertz CT molecular complexity index is 930. The fourth-order valence-electron chi connectivity index (χ4n) is 4.33. The largest absolute Gasteiger partial charge is 0.497 e. The molecule has 152 valence electrons. The number of amides is 1. The monoisotopic (exact) mass is 394 g/mol. The summed E-state index contributed by atoms with van der Waals surface area (Å²) in [5.74, 6) is 2.16. The molecule has 1 aromatic carbocycles. The van der Waals surface area contributed by atoms with E-state index >= 15 is 0 Å². The highest BCUT2D eigenvalue weighted by Crippen LogP contribution is 2.40. The molecule has 29 heavy (non-hydrogen) atoms. The van der Waals surface area contributed by atoms with Gasteiger partial charge in [-0.25, -0.2) is 9.97 Å². The van der Waals surface area contributed by atoms with Gasteiger partial charge in [0.25, 0.3) is 5.91 Å². The molecule has 2 fully saturated rings. The summed E-state index contributed by atoms with van der Waals surface area (Å²) >= 11 is 0. The molecule has 1 aliphatic carbocycles. The molecular weight excluding hydrogens is 368 g/mol. The van der Waals surface area contributed by atoms with Gasteiger partial charge in [-0.15, -0.1) is 0 Å². The summed E-state index contributed by atoms with van der Waals surface area (Å²) in [6.45, 7) is 3.34. The fourth-order valence-corrected chi connectivity index (χ4v) is 4.33. The number of likely N-dealkylation sites (tertiary alicyclic amines) is 1. The van der Waals surface area contributed by atoms with Crippen LogP contribution in [0.4, 0.5) is 5.95 Å². The van der Waals surface area contributed by atoms with Crippen LogP contribution in [0.25, 0.3) is 0 Å². The number of carbonyl (C=O) groups excluding carboxylic acids is 1. The average Bonchev–Trinajstić information content (AvgIpc) is 3.51. The summed E-state index contributed by atoms with van der Waals surface area (Å²) in [4.78, 5) is 24.4. The lowest BCUT2D eigenvalue weighted by atomic mass is 9.80. The van der Waals surface area contributed by atoms with Crippen molar-refractivity contribution < 1.29 is 14.3 Å². The number of hydrogen-bond donors (Lipinski definition) is 1. The van der Waals surface area contributed by atoms with E-state index in [1.807, 2.05) is 29.3 Å². The molecule has 0 radical (unpaired) electrons. The summed E-state index contributed by atoms with van der Waals surface area (Å²) < 4.78 is 11.2. The lowest BCUT2D eigenvalue weighted by Gasteiger charge is -2.34. The molecule has 7 heteroatoms. The molecule has 1 saturated heterocycles. The van der Waals surface area contributed by atoms with Crippen molar-refractivity contribution in [1.29, 1.82) is 0 Å². The van der Waals surface area contributed by atoms with Gasteiger partial charge >= 0.3 is 0 Å². The molecule has 0 unspecified atom stereocenters. The molecule has 3 heterocycles. The van der Waals surface area contributed by atoms with Crippen LogP contribution in [0, 0.1) is 5.92 Å². The van der Waals surface area contributed by atoms with Crippen molar-refractivity contribution in [3.63, 3.8) is 0 Å². The number of nitrogens with zero attached hydrogens (tertiary/aromatic N) is 3. The van der Waals surface area contributed by atoms with Crippen molar-refractivity contribution in [2.75, 3.05) is 38.7 Å². The first-order valence-corrected chi connectivity index (χ1v) is 10.3. The Morgan fingerprint density at radius 3 is 3.14 bits per heavy atom. The maximum atomic E-state index is 13.1. The molecule has 1 saturated carbocycles. The van der Waals surface area contributed by atoms with Crippen LogP contribution in [0.15, 0.2) is 30.5 Å². The molecular formula is C22H26N4O3. The number of ether oxygens (including phenoxy) is 2. The Balaban J connectivity index is 1.38. The molecule has 0 bridgehead atoms. The number of rotatable bonds is 5. The van der Waals surface area contributed by atoms with E-state index in [0.29, 0.717) is 43.6 Å². The van der Waals surface area contributed by atoms with Gasteiger partial charge in [-0.2, -0.15) is 0 Å². The highest BCUT2D eigenvalue weighted by atomic mass is 16.5. The van der Waals surface area contributed by atoms with E-state index in [1.165, 1.54) is 12.8 Å². The van der Waals surface area contributed by atoms with Gasteiger partial charge in [0.1, 0.15) is 5.75 Å². The van der Waals surface area contributed by atoms with Crippen LogP contribution in [0.5, 0.6) is 5.75 Å². The SMILES string of the molecule is COc1cccc(C(=O)N2CC[C@@]3(COCc4cnc(NCC5CC5)nc43)C2)c1. The zero-order valence-corrected chi connectivity index (χ0v) is 16.7. The zero-order chi connectivity index (χ0) is 19.8. The highest BCUT2D eigenvalue weighted by Gasteiger charge is 2.46. The lowest BCUT2D eigenvalue weighted by Crippen LogP contribution is -2.41. The summed E-state index contributed by atoms with van der Waals surface area (Å²) in [6, 6.07) is 7.33. The first-order valence-electron chi connectivity index (χ1n) is 10.3. The number of anilines is 1. The van der Waals surface area contributed by atoms with E-state index in [1.54, 1.807) is 13.2 Å². The third kappa shape index (κ3) is 3.55. The van der Waals surface area contributed by atoms with E-state index in [4.69, 9.17) is 14.5 Å². The van der Waals surface area contributed by atoms with Gasteiger partial charge in [-0.1, -0.05) is 6.07 Å². The van der Waals surface area contributed by atoms with Crippen LogP contribution in [0.2, 0.25) is 0 Å². The molecule has 1 atom stereocenters. The van der Waals surface area contributed by atoms with Gasteiger partial charge in [0, 0.05) is 37.0 Å². The Labute approximate surface area is 170 Å². The van der Waals surface area contributed by atoms with Gasteiger partial charge in [0.05, 0.1) is 31.4 Å². The minimum Gasteiger partial charge on any atom is -0.497 e. The average molecular weight is 394 g/mol. The van der Waals surface area contributed by atoms with Crippen LogP contribution >= 0.6 is 0 Å². The first kappa shape index (κ1) is 18.4. The maximum absolute atomic E-state index is 13.1. The van der Waals surface area contributed by atoms with E-state index in [9.17, 15) is 4.79 Å². The minimum atomic E-state index is -0.263. The lowest BCUT2D eigenvalue weighted by molar-refractivity contribution is 0.0485. The summed E-state index contributed by atoms with van der Waals surface area (Å²) in [5, 5.41) is 3.38. The van der Waals surface area contributed by atoms with Gasteiger partial charge in [0.2, 0.25) is 5.95 Å². The number of benzene rings is 1. The number of aromatic nitrogens is 2. The molecule has 1 amide bonds. The molecule has 5 rings (SSSR count). The summed E-state index contributed by atoms with van der Waals surface area (Å²) in [6.07, 6.45) is 5.30. The van der Waals surface area contributed by atoms with Crippen molar-refractivity contribution in [2.24, 2.45) is 5.92 Å². The Morgan fingerprint density at radius 1 is 1.41 bits per heavy atom. The second-order valence-corrected chi connectivity index (χ2v) is 8.37. The quantitative estimate of drug-likeness (QED) is 0.840. The van der Waals surface area contributed by atoms with E-state index in [-0.39, 0.29) is 11.3 Å². The van der Waals surface area contributed by atoms with E-state index in [0.717, 1.165) is 30.1 Å². The van der Waals surface area contributed by atoms with Gasteiger partial charge < -0.3 is 19.7 Å². The fraction of sp³-hybridized carbons (Fsp3) is 0.500. The summed E-state index contributed by atoms with van der Waals surface area (Å²) in [5.41, 5.74) is 2.45. The molecule has 2 aromatic rings. The predicted molar refractivity (Wildman–Crippen MR) is 108 cm³/mol. The third-order valence-electron chi connectivity index (χ3n) is 6.21. The van der Waals surface area contributed by atoms with Crippen molar-refractivity contribution >= 4 is 11.9 Å². The number of methoxy groups -OCH3 is 1. The standard InChI is InChI=1S/C22H26N4O3/c1-28-18-4-2-3-16(9-18)20(27)26-8-7-22(13-26)14-29-12-17-11-24-21(25-19(17)22)23-10-15-5-6-15/h2-4,9,11,15H,5-8,10,12-14H2,1H3,(H,23,24,25)/t22-/m0/s1. The number of hydrogen-bond acceptors (Lipinski definition) is 6. The smallest absolute Gasteiger partial charge is 0.254 e. The van der Waals surface area contributed by atoms with Gasteiger partial charge in [-0.3, -0.25) is 4.79 Å². The van der Waals surface area contributed by atoms with Crippen LogP contribution in [0.1, 0.15) is 40.9 Å². The number of fused-ring (bicyclic) bond motifs is 2. The second kappa shape index (κ2) is 7.30. The van der Waals surface area contributed by atoms with Crippen molar-refractivity contribution in [3.05, 3.63) is 47.3 Å². The van der Waals surface area contributed by atoms with Crippen LogP contribution in [0.3, 0.4) is 0 Å². The minimum absolute atomic E-state index is 0.0223. The predicted octanol–water partition coefficient (Wildman–Crippen LogP) is 2.62. The van der Waals surface area contributed by atoms with E-state index in [2.05, 4.69) is 10.3 Å². The summed E-state index contributed by atoms with van der Waals surface area (Å²) in [7, 11) is 1.61. The first-order chi connectivity index (χ1) is 14.2. The van der Waals surface area contributed by atoms with Gasteiger partial charge in [0.15, 0.2) is 0 Å². The molecule has 1 N–H and O–H groups in total. The van der Waals surface area contributed by atoms with Crippen molar-refractivity contribution in [3.8, 4) is 5.75 Å². The van der Waals surface area contributed by atoms with Crippen molar-refractivity contribution in [1.82, 2.24) is 14.9 Å². The Morgan fingerprint density at radius 2 is 2.31 bits per heavy atom. The van der Waals surface area contributed by atoms with E-state index < -0.39 is 0 Å².